The van der Waals surface area contributed by atoms with Gasteiger partial charge in [0, 0.05) is 15.6 Å². The first-order valence-corrected chi connectivity index (χ1v) is 14.5. The molecule has 4 rings (SSSR count). The van der Waals surface area contributed by atoms with Crippen LogP contribution in [0.15, 0.2) is 87.8 Å². The van der Waals surface area contributed by atoms with Crippen LogP contribution in [-0.4, -0.2) is 6.61 Å². The summed E-state index contributed by atoms with van der Waals surface area (Å²) in [6.45, 7) is 3.59. The van der Waals surface area contributed by atoms with Crippen LogP contribution >= 0.6 is 31.9 Å². The molecule has 0 unspecified atom stereocenters. The van der Waals surface area contributed by atoms with Gasteiger partial charge in [0.2, 0.25) is 0 Å². The lowest BCUT2D eigenvalue weighted by atomic mass is 9.86. The third-order valence-corrected chi connectivity index (χ3v) is 7.41. The van der Waals surface area contributed by atoms with Crippen LogP contribution < -0.4 is 0 Å². The Bertz CT molecular complexity index is 1020. The minimum absolute atomic E-state index is 0.711. The minimum Gasteiger partial charge on any atom is -0.377 e. The van der Waals surface area contributed by atoms with Crippen molar-refractivity contribution in [2.75, 3.05) is 6.61 Å². The van der Waals surface area contributed by atoms with E-state index >= 15 is 0 Å². The highest BCUT2D eigenvalue weighted by Gasteiger charge is 2.12. The van der Waals surface area contributed by atoms with E-state index in [1.165, 1.54) is 66.1 Å². The molecule has 0 fully saturated rings. The average molecular weight is 598 g/mol. The topological polar surface area (TPSA) is 9.23 Å². The van der Waals surface area contributed by atoms with Gasteiger partial charge in [-0.3, -0.25) is 0 Å². The van der Waals surface area contributed by atoms with Crippen molar-refractivity contribution in [1.29, 1.82) is 0 Å². The summed E-state index contributed by atoms with van der Waals surface area (Å²) in [6, 6.07) is 24.0. The van der Waals surface area contributed by atoms with Crippen molar-refractivity contribution >= 4 is 31.9 Å². The highest BCUT2D eigenvalue weighted by atomic mass is 79.9. The van der Waals surface area contributed by atoms with Gasteiger partial charge in [0.25, 0.3) is 0 Å². The molecular weight excluding hydrogens is 560 g/mol. The molecule has 3 aromatic carbocycles. The number of rotatable bonds is 12. The SMILES string of the molecule is Brc1ccc(CCCCCc2ccc3c(c2)CC3)cc1.C/C=C/CCCOCc1ccc(Br)cc1. The Labute approximate surface area is 229 Å². The maximum absolute atomic E-state index is 5.56. The Kier molecular flexibility index (Phi) is 12.9. The highest BCUT2D eigenvalue weighted by molar-refractivity contribution is 9.10. The summed E-state index contributed by atoms with van der Waals surface area (Å²) in [5.41, 5.74) is 7.38. The molecule has 0 saturated heterocycles. The molecule has 0 radical (unpaired) electrons. The minimum atomic E-state index is 0.711. The van der Waals surface area contributed by atoms with Gasteiger partial charge in [-0.15, -0.1) is 0 Å². The van der Waals surface area contributed by atoms with E-state index in [2.05, 4.69) is 98.6 Å². The molecule has 0 N–H and O–H groups in total. The van der Waals surface area contributed by atoms with Crippen molar-refractivity contribution in [3.63, 3.8) is 0 Å². The van der Waals surface area contributed by atoms with Crippen molar-refractivity contribution in [2.24, 2.45) is 0 Å². The standard InChI is InChI=1S/C19H21Br.C13H17BrO/c20-19-12-7-15(8-13-19)4-2-1-3-5-16-6-9-17-10-11-18(17)14-16;1-2-3-4-5-10-15-11-12-6-8-13(14)9-7-12/h6-9,12-14H,1-5,10-11H2;2-3,6-9H,4-5,10-11H2,1H3/b;3-2+. The van der Waals surface area contributed by atoms with Crippen LogP contribution in [0.25, 0.3) is 0 Å². The van der Waals surface area contributed by atoms with Crippen LogP contribution in [0.3, 0.4) is 0 Å². The molecule has 1 aliphatic rings. The van der Waals surface area contributed by atoms with E-state index in [1.54, 1.807) is 11.1 Å². The van der Waals surface area contributed by atoms with Gasteiger partial charge >= 0.3 is 0 Å². The first-order chi connectivity index (χ1) is 17.1. The third kappa shape index (κ3) is 10.9. The van der Waals surface area contributed by atoms with E-state index in [0.717, 1.165) is 23.9 Å². The molecular formula is C32H38Br2O. The quantitative estimate of drug-likeness (QED) is 0.149. The zero-order chi connectivity index (χ0) is 24.7. The van der Waals surface area contributed by atoms with Gasteiger partial charge in [0.05, 0.1) is 6.61 Å². The van der Waals surface area contributed by atoms with Crippen molar-refractivity contribution < 1.29 is 4.74 Å². The van der Waals surface area contributed by atoms with Crippen LogP contribution in [0.2, 0.25) is 0 Å². The van der Waals surface area contributed by atoms with Crippen LogP contribution in [0.4, 0.5) is 0 Å². The summed E-state index contributed by atoms with van der Waals surface area (Å²) in [5, 5.41) is 0. The van der Waals surface area contributed by atoms with Crippen LogP contribution in [0.1, 0.15) is 66.8 Å². The number of aryl methyl sites for hydroxylation is 4. The lowest BCUT2D eigenvalue weighted by Gasteiger charge is -2.19. The summed E-state index contributed by atoms with van der Waals surface area (Å²) in [7, 11) is 0. The van der Waals surface area contributed by atoms with E-state index < -0.39 is 0 Å². The normalized spacial score (nSPS) is 12.1. The number of ether oxygens (including phenoxy) is 1. The number of unbranched alkanes of at least 4 members (excludes halogenated alkanes) is 3. The largest absolute Gasteiger partial charge is 0.377 e. The molecule has 0 atom stereocenters. The highest BCUT2D eigenvalue weighted by Crippen LogP contribution is 2.24. The number of allylic oxidation sites excluding steroid dienone is 2. The fraction of sp³-hybridized carbons (Fsp3) is 0.375. The van der Waals surface area contributed by atoms with Crippen LogP contribution in [0.5, 0.6) is 0 Å². The first kappa shape index (κ1) is 27.9. The fourth-order valence-corrected chi connectivity index (χ4v) is 4.66. The van der Waals surface area contributed by atoms with Crippen molar-refractivity contribution in [1.82, 2.24) is 0 Å². The summed E-state index contributed by atoms with van der Waals surface area (Å²) < 4.78 is 7.84. The number of benzene rings is 3. The Morgan fingerprint density at radius 2 is 1.29 bits per heavy atom. The van der Waals surface area contributed by atoms with Gasteiger partial charge in [-0.2, -0.15) is 0 Å². The third-order valence-electron chi connectivity index (χ3n) is 6.36. The molecule has 3 heteroatoms. The molecule has 1 aliphatic carbocycles. The lowest BCUT2D eigenvalue weighted by Crippen LogP contribution is -2.08. The molecule has 186 valence electrons. The summed E-state index contributed by atoms with van der Waals surface area (Å²) in [6.07, 6.45) is 15.4. The number of halogens is 2. The van der Waals surface area contributed by atoms with Gasteiger partial charge in [-0.1, -0.05) is 92.9 Å². The number of hydrogen-bond donors (Lipinski definition) is 0. The first-order valence-electron chi connectivity index (χ1n) is 12.9. The number of fused-ring (bicyclic) bond motifs is 1. The Morgan fingerprint density at radius 1 is 0.686 bits per heavy atom. The fourth-order valence-electron chi connectivity index (χ4n) is 4.13. The van der Waals surface area contributed by atoms with Crippen molar-refractivity contribution in [2.45, 2.75) is 71.3 Å². The molecule has 1 nitrogen and oxygen atoms in total. The van der Waals surface area contributed by atoms with E-state index in [0.29, 0.717) is 6.61 Å². The smallest absolute Gasteiger partial charge is 0.0716 e. The van der Waals surface area contributed by atoms with E-state index in [9.17, 15) is 0 Å². The summed E-state index contributed by atoms with van der Waals surface area (Å²) >= 11 is 6.89. The van der Waals surface area contributed by atoms with E-state index in [-0.39, 0.29) is 0 Å². The predicted octanol–water partition coefficient (Wildman–Crippen LogP) is 9.83. The Balaban J connectivity index is 0.000000205. The molecule has 35 heavy (non-hydrogen) atoms. The van der Waals surface area contributed by atoms with Crippen LogP contribution in [-0.2, 0) is 37.0 Å². The Morgan fingerprint density at radius 3 is 1.89 bits per heavy atom. The maximum Gasteiger partial charge on any atom is 0.0716 e. The number of hydrogen-bond acceptors (Lipinski definition) is 1. The maximum atomic E-state index is 5.56. The second-order valence-corrected chi connectivity index (χ2v) is 11.0. The molecule has 0 spiro atoms. The zero-order valence-corrected chi connectivity index (χ0v) is 24.1. The Hall–Kier alpha value is -1.68. The van der Waals surface area contributed by atoms with Gasteiger partial charge in [-0.05, 0) is 110 Å². The molecule has 0 aromatic heterocycles. The summed E-state index contributed by atoms with van der Waals surface area (Å²) in [5.74, 6) is 0. The van der Waals surface area contributed by atoms with E-state index in [1.807, 2.05) is 19.1 Å². The molecule has 0 amide bonds. The van der Waals surface area contributed by atoms with Crippen molar-refractivity contribution in [3.05, 3.63) is 116 Å². The predicted molar refractivity (Wildman–Crippen MR) is 157 cm³/mol. The molecule has 0 saturated carbocycles. The van der Waals surface area contributed by atoms with Crippen molar-refractivity contribution in [3.8, 4) is 0 Å². The monoisotopic (exact) mass is 596 g/mol. The zero-order valence-electron chi connectivity index (χ0n) is 20.9. The van der Waals surface area contributed by atoms with Crippen LogP contribution in [0, 0.1) is 0 Å². The van der Waals surface area contributed by atoms with Gasteiger partial charge in [0.15, 0.2) is 0 Å². The average Bonchev–Trinajstić information content (AvgIpc) is 2.85. The second-order valence-electron chi connectivity index (χ2n) is 9.18. The van der Waals surface area contributed by atoms with E-state index in [4.69, 9.17) is 4.74 Å². The molecule has 0 aliphatic heterocycles. The van der Waals surface area contributed by atoms with Gasteiger partial charge < -0.3 is 4.74 Å². The molecule has 0 heterocycles. The molecule has 3 aromatic rings. The molecule has 0 bridgehead atoms. The lowest BCUT2D eigenvalue weighted by molar-refractivity contribution is 0.119. The second kappa shape index (κ2) is 16.1. The summed E-state index contributed by atoms with van der Waals surface area (Å²) in [4.78, 5) is 0. The van der Waals surface area contributed by atoms with Gasteiger partial charge in [0.1, 0.15) is 0 Å². The van der Waals surface area contributed by atoms with Gasteiger partial charge in [-0.25, -0.2) is 0 Å².